The SMILES string of the molecule is CCC(C)C(N)C(=O)NC(CS)C(=O)NC(C)C(=O)NC(CCCCN)C(=O)O. The minimum absolute atomic E-state index is 0.00990. The summed E-state index contributed by atoms with van der Waals surface area (Å²) in [5, 5.41) is 16.6. The lowest BCUT2D eigenvalue weighted by Crippen LogP contribution is -2.57. The first-order valence-electron chi connectivity index (χ1n) is 9.79. The number of unbranched alkanes of at least 4 members (excludes halogenated alkanes) is 1. The van der Waals surface area contributed by atoms with E-state index in [1.165, 1.54) is 6.92 Å². The molecule has 5 unspecified atom stereocenters. The fraction of sp³-hybridized carbons (Fsp3) is 0.778. The van der Waals surface area contributed by atoms with Crippen LogP contribution in [0.2, 0.25) is 0 Å². The van der Waals surface area contributed by atoms with E-state index in [9.17, 15) is 24.3 Å². The van der Waals surface area contributed by atoms with Gasteiger partial charge in [-0.15, -0.1) is 0 Å². The first-order valence-corrected chi connectivity index (χ1v) is 10.4. The molecule has 0 saturated carbocycles. The van der Waals surface area contributed by atoms with Crippen molar-refractivity contribution in [2.45, 2.75) is 70.6 Å². The van der Waals surface area contributed by atoms with E-state index in [1.54, 1.807) is 0 Å². The molecule has 3 amide bonds. The van der Waals surface area contributed by atoms with Crippen LogP contribution in [0.25, 0.3) is 0 Å². The van der Waals surface area contributed by atoms with Crippen molar-refractivity contribution >= 4 is 36.3 Å². The summed E-state index contributed by atoms with van der Waals surface area (Å²) in [6, 6.07) is -3.81. The van der Waals surface area contributed by atoms with Gasteiger partial charge >= 0.3 is 5.97 Å². The van der Waals surface area contributed by atoms with Crippen LogP contribution in [0, 0.1) is 5.92 Å². The molecule has 168 valence electrons. The largest absolute Gasteiger partial charge is 0.480 e. The second-order valence-electron chi connectivity index (χ2n) is 7.07. The van der Waals surface area contributed by atoms with Crippen LogP contribution in [0.1, 0.15) is 46.5 Å². The average molecular weight is 434 g/mol. The van der Waals surface area contributed by atoms with Crippen LogP contribution in [0.15, 0.2) is 0 Å². The zero-order valence-electron chi connectivity index (χ0n) is 17.3. The molecule has 0 aromatic carbocycles. The topological polar surface area (TPSA) is 177 Å². The number of carboxylic acid groups (broad SMARTS) is 1. The minimum Gasteiger partial charge on any atom is -0.480 e. The average Bonchev–Trinajstić information content (AvgIpc) is 2.69. The first kappa shape index (κ1) is 27.1. The van der Waals surface area contributed by atoms with Crippen LogP contribution < -0.4 is 27.4 Å². The Morgan fingerprint density at radius 1 is 0.966 bits per heavy atom. The number of hydrogen-bond donors (Lipinski definition) is 7. The molecule has 0 aliphatic heterocycles. The molecule has 0 bridgehead atoms. The van der Waals surface area contributed by atoms with Crippen LogP contribution in [0.4, 0.5) is 0 Å². The van der Waals surface area contributed by atoms with Crippen molar-refractivity contribution in [3.05, 3.63) is 0 Å². The second kappa shape index (κ2) is 14.2. The van der Waals surface area contributed by atoms with Gasteiger partial charge in [-0.1, -0.05) is 20.3 Å². The number of rotatable bonds is 14. The number of hydrogen-bond acceptors (Lipinski definition) is 7. The second-order valence-corrected chi connectivity index (χ2v) is 7.43. The van der Waals surface area contributed by atoms with Gasteiger partial charge in [-0.2, -0.15) is 12.6 Å². The number of carbonyl (C=O) groups is 4. The highest BCUT2D eigenvalue weighted by molar-refractivity contribution is 7.80. The monoisotopic (exact) mass is 433 g/mol. The maximum atomic E-state index is 12.4. The fourth-order valence-electron chi connectivity index (χ4n) is 2.40. The molecule has 0 radical (unpaired) electrons. The fourth-order valence-corrected chi connectivity index (χ4v) is 2.66. The summed E-state index contributed by atoms with van der Waals surface area (Å²) in [5.74, 6) is -2.93. The summed E-state index contributed by atoms with van der Waals surface area (Å²) in [6.45, 7) is 5.60. The van der Waals surface area contributed by atoms with Crippen LogP contribution >= 0.6 is 12.6 Å². The molecule has 0 spiro atoms. The summed E-state index contributed by atoms with van der Waals surface area (Å²) in [7, 11) is 0. The highest BCUT2D eigenvalue weighted by Crippen LogP contribution is 2.06. The van der Waals surface area contributed by atoms with E-state index in [2.05, 4.69) is 28.6 Å². The van der Waals surface area contributed by atoms with Gasteiger partial charge in [0.25, 0.3) is 0 Å². The summed E-state index contributed by atoms with van der Waals surface area (Å²) in [4.78, 5) is 48.1. The van der Waals surface area contributed by atoms with Gasteiger partial charge in [-0.25, -0.2) is 4.79 Å². The smallest absolute Gasteiger partial charge is 0.326 e. The number of amides is 3. The summed E-state index contributed by atoms with van der Waals surface area (Å²) in [5.41, 5.74) is 11.2. The van der Waals surface area contributed by atoms with E-state index in [-0.39, 0.29) is 18.1 Å². The van der Waals surface area contributed by atoms with Crippen molar-refractivity contribution in [1.82, 2.24) is 16.0 Å². The number of carbonyl (C=O) groups excluding carboxylic acids is 3. The Morgan fingerprint density at radius 2 is 1.55 bits per heavy atom. The summed E-state index contributed by atoms with van der Waals surface area (Å²) < 4.78 is 0. The van der Waals surface area contributed by atoms with Crippen molar-refractivity contribution in [2.24, 2.45) is 17.4 Å². The van der Waals surface area contributed by atoms with Gasteiger partial charge in [0, 0.05) is 5.75 Å². The van der Waals surface area contributed by atoms with E-state index in [0.29, 0.717) is 25.8 Å². The molecule has 8 N–H and O–H groups in total. The van der Waals surface area contributed by atoms with Crippen molar-refractivity contribution in [1.29, 1.82) is 0 Å². The first-order chi connectivity index (χ1) is 13.6. The van der Waals surface area contributed by atoms with E-state index in [1.807, 2.05) is 13.8 Å². The standard InChI is InChI=1S/C18H35N5O5S/c1-4-10(2)14(20)17(26)23-13(9-29)16(25)21-11(3)15(24)22-12(18(27)28)7-5-6-8-19/h10-14,29H,4-9,19-20H2,1-3H3,(H,21,25)(H,22,24)(H,23,26)(H,27,28). The Kier molecular flexibility index (Phi) is 13.3. The maximum absolute atomic E-state index is 12.4. The number of nitrogens with one attached hydrogen (secondary N) is 3. The third-order valence-electron chi connectivity index (χ3n) is 4.69. The maximum Gasteiger partial charge on any atom is 0.326 e. The molecule has 29 heavy (non-hydrogen) atoms. The minimum atomic E-state index is -1.16. The summed E-state index contributed by atoms with van der Waals surface area (Å²) in [6.07, 6.45) is 2.15. The zero-order chi connectivity index (χ0) is 22.6. The molecule has 10 nitrogen and oxygen atoms in total. The van der Waals surface area contributed by atoms with Gasteiger partial charge < -0.3 is 32.5 Å². The quantitative estimate of drug-likeness (QED) is 0.135. The van der Waals surface area contributed by atoms with Crippen LogP contribution in [-0.4, -0.2) is 65.3 Å². The third-order valence-corrected chi connectivity index (χ3v) is 5.05. The molecule has 0 aliphatic rings. The summed E-state index contributed by atoms with van der Waals surface area (Å²) >= 11 is 4.07. The van der Waals surface area contributed by atoms with E-state index in [4.69, 9.17) is 11.5 Å². The Balaban J connectivity index is 4.79. The van der Waals surface area contributed by atoms with Crippen molar-refractivity contribution in [3.63, 3.8) is 0 Å². The zero-order valence-corrected chi connectivity index (χ0v) is 18.2. The molecule has 0 aromatic rings. The predicted molar refractivity (Wildman–Crippen MR) is 113 cm³/mol. The molecule has 0 saturated heterocycles. The Bertz CT molecular complexity index is 563. The molecular weight excluding hydrogens is 398 g/mol. The van der Waals surface area contributed by atoms with Crippen molar-refractivity contribution < 1.29 is 24.3 Å². The molecule has 11 heteroatoms. The van der Waals surface area contributed by atoms with Crippen molar-refractivity contribution in [2.75, 3.05) is 12.3 Å². The lowest BCUT2D eigenvalue weighted by atomic mass is 9.99. The molecule has 0 heterocycles. The predicted octanol–water partition coefficient (Wildman–Crippen LogP) is -1.02. The van der Waals surface area contributed by atoms with Gasteiger partial charge in [0.05, 0.1) is 6.04 Å². The van der Waals surface area contributed by atoms with Gasteiger partial charge in [0.15, 0.2) is 0 Å². The molecule has 0 aliphatic carbocycles. The van der Waals surface area contributed by atoms with Crippen LogP contribution in [0.5, 0.6) is 0 Å². The molecule has 5 atom stereocenters. The lowest BCUT2D eigenvalue weighted by molar-refractivity contribution is -0.142. The highest BCUT2D eigenvalue weighted by atomic mass is 32.1. The third kappa shape index (κ3) is 9.95. The van der Waals surface area contributed by atoms with Gasteiger partial charge in [-0.05, 0) is 38.6 Å². The van der Waals surface area contributed by atoms with Crippen LogP contribution in [0.3, 0.4) is 0 Å². The Labute approximate surface area is 177 Å². The van der Waals surface area contributed by atoms with Crippen LogP contribution in [-0.2, 0) is 19.2 Å². The van der Waals surface area contributed by atoms with Gasteiger partial charge in [0.1, 0.15) is 18.1 Å². The molecule has 0 aromatic heterocycles. The van der Waals surface area contributed by atoms with E-state index < -0.39 is 47.9 Å². The number of carboxylic acids is 1. The number of aliphatic carboxylic acids is 1. The van der Waals surface area contributed by atoms with Gasteiger partial charge in [0.2, 0.25) is 17.7 Å². The number of nitrogens with two attached hydrogens (primary N) is 2. The Morgan fingerprint density at radius 3 is 2.03 bits per heavy atom. The molecule has 0 rings (SSSR count). The molecule has 0 fully saturated rings. The normalized spacial score (nSPS) is 16.1. The number of thiol groups is 1. The molecular formula is C18H35N5O5S. The lowest BCUT2D eigenvalue weighted by Gasteiger charge is -2.24. The Hall–Kier alpha value is -1.85. The van der Waals surface area contributed by atoms with Crippen molar-refractivity contribution in [3.8, 4) is 0 Å². The van der Waals surface area contributed by atoms with E-state index in [0.717, 1.165) is 0 Å². The highest BCUT2D eigenvalue weighted by Gasteiger charge is 2.28. The van der Waals surface area contributed by atoms with Gasteiger partial charge in [-0.3, -0.25) is 14.4 Å². The van der Waals surface area contributed by atoms with E-state index >= 15 is 0 Å².